The molecule has 0 saturated heterocycles. The van der Waals surface area contributed by atoms with Gasteiger partial charge in [0.05, 0.1) is 5.97 Å². The van der Waals surface area contributed by atoms with Crippen LogP contribution in [0.1, 0.15) is 10.4 Å². The molecule has 0 saturated carbocycles. The first kappa shape index (κ1) is 15.1. The van der Waals surface area contributed by atoms with E-state index in [4.69, 9.17) is 15.3 Å². The Kier molecular flexibility index (Phi) is 5.83. The molecular weight excluding hydrogens is 187 g/mol. The van der Waals surface area contributed by atoms with Crippen LogP contribution >= 0.6 is 0 Å². The van der Waals surface area contributed by atoms with Crippen molar-refractivity contribution in [1.29, 1.82) is 0 Å². The van der Waals surface area contributed by atoms with Gasteiger partial charge in [-0.3, -0.25) is 0 Å². The van der Waals surface area contributed by atoms with E-state index in [9.17, 15) is 9.90 Å². The summed E-state index contributed by atoms with van der Waals surface area (Å²) in [5.41, 5.74) is -0.400. The number of aromatic hydroxyl groups is 3. The summed E-state index contributed by atoms with van der Waals surface area (Å²) in [6, 6.07) is 1.56. The molecule has 0 aliphatic rings. The largest absolute Gasteiger partial charge is 2.00 e. The van der Waals surface area contributed by atoms with Crippen LogP contribution in [0, 0.1) is 0 Å². The van der Waals surface area contributed by atoms with Crippen molar-refractivity contribution in [3.05, 3.63) is 17.7 Å². The quantitative estimate of drug-likeness (QED) is 0.309. The van der Waals surface area contributed by atoms with Crippen LogP contribution in [0.5, 0.6) is 17.2 Å². The van der Waals surface area contributed by atoms with Gasteiger partial charge >= 0.3 is 18.9 Å². The summed E-state index contributed by atoms with van der Waals surface area (Å²) in [5.74, 6) is -3.69. The van der Waals surface area contributed by atoms with Crippen molar-refractivity contribution in [3.8, 4) is 17.2 Å². The second-order valence-corrected chi connectivity index (χ2v) is 2.15. The minimum absolute atomic E-state index is 0. The molecule has 14 heavy (non-hydrogen) atoms. The van der Waals surface area contributed by atoms with Gasteiger partial charge in [-0.1, -0.05) is 0 Å². The summed E-state index contributed by atoms with van der Waals surface area (Å²) in [4.78, 5) is 10.2. The summed E-state index contributed by atoms with van der Waals surface area (Å²) in [5, 5.41) is 36.7. The van der Waals surface area contributed by atoms with E-state index in [0.29, 0.717) is 0 Å². The number of carboxylic acids is 1. The van der Waals surface area contributed by atoms with Crippen LogP contribution in [0.2, 0.25) is 0 Å². The maximum absolute atomic E-state index is 10.2. The zero-order valence-corrected chi connectivity index (χ0v) is 7.22. The van der Waals surface area contributed by atoms with Gasteiger partial charge in [0.25, 0.3) is 0 Å². The fraction of sp³-hybridized carbons (Fsp3) is 0. The van der Waals surface area contributed by atoms with E-state index in [-0.39, 0.29) is 24.3 Å². The molecule has 0 aliphatic heterocycles. The molecule has 0 fully saturated rings. The Labute approximate surface area is 90.9 Å². The molecule has 3 N–H and O–H groups in total. The van der Waals surface area contributed by atoms with Gasteiger partial charge in [0, 0.05) is 5.56 Å². The average molecular weight is 192 g/mol. The molecule has 0 atom stereocenters. The van der Waals surface area contributed by atoms with Gasteiger partial charge in [-0.05, 0) is 12.1 Å². The number of carbonyl (C=O) groups is 1. The summed E-state index contributed by atoms with van der Waals surface area (Å²) in [6.45, 7) is 0. The van der Waals surface area contributed by atoms with E-state index in [0.717, 1.165) is 12.1 Å². The minimum atomic E-state index is -1.54. The molecule has 72 valence electrons. The third kappa shape index (κ3) is 2.85. The molecule has 0 spiro atoms. The molecule has 1 rings (SSSR count). The van der Waals surface area contributed by atoms with Gasteiger partial charge in [0.1, 0.15) is 0 Å². The van der Waals surface area contributed by atoms with Gasteiger partial charge in [-0.2, -0.15) is 0 Å². The third-order valence-corrected chi connectivity index (χ3v) is 1.31. The third-order valence-electron chi connectivity index (χ3n) is 1.31. The normalized spacial score (nSPS) is 8.29. The Balaban J connectivity index is 0. The summed E-state index contributed by atoms with van der Waals surface area (Å²) in [7, 11) is 0. The molecule has 0 amide bonds. The first-order chi connectivity index (χ1) is 5.52. The topological polar surface area (TPSA) is 129 Å². The number of phenolic OH excluding ortho intramolecular Hbond substituents is 3. The van der Waals surface area contributed by atoms with Crippen molar-refractivity contribution in [3.63, 3.8) is 0 Å². The van der Waals surface area contributed by atoms with E-state index in [1.54, 1.807) is 0 Å². The van der Waals surface area contributed by atoms with Gasteiger partial charge < -0.3 is 30.7 Å². The number of benzene rings is 1. The van der Waals surface area contributed by atoms with Crippen molar-refractivity contribution in [1.82, 2.24) is 0 Å². The molecule has 0 heterocycles. The summed E-state index contributed by atoms with van der Waals surface area (Å²) in [6.07, 6.45) is 0. The van der Waals surface area contributed by atoms with E-state index in [2.05, 4.69) is 0 Å². The van der Waals surface area contributed by atoms with Crippen LogP contribution < -0.4 is 24.0 Å². The van der Waals surface area contributed by atoms with Crippen molar-refractivity contribution in [2.45, 2.75) is 0 Å². The minimum Gasteiger partial charge on any atom is -2.00 e. The van der Waals surface area contributed by atoms with Crippen LogP contribution in [0.15, 0.2) is 12.1 Å². The SMILES string of the molecule is O=C([O-])c1cc(O)c(O)c(O)c1.[Li+].[O-2]. The fourth-order valence-corrected chi connectivity index (χ4v) is 0.722. The monoisotopic (exact) mass is 192 g/mol. The standard InChI is InChI=1S/C7H6O5.Li.O/c8-4-1-3(7(11)12)2-5(9)6(4)10;;/h1-2,8-10H,(H,11,12);;/q;+1;-2/p-1. The number of rotatable bonds is 1. The molecule has 0 aliphatic carbocycles. The molecule has 0 unspecified atom stereocenters. The Morgan fingerprint density at radius 1 is 1.14 bits per heavy atom. The number of hydrogen-bond acceptors (Lipinski definition) is 5. The second-order valence-electron chi connectivity index (χ2n) is 2.15. The fourth-order valence-electron chi connectivity index (χ4n) is 0.722. The van der Waals surface area contributed by atoms with Gasteiger partial charge in [-0.15, -0.1) is 0 Å². The summed E-state index contributed by atoms with van der Waals surface area (Å²) >= 11 is 0. The predicted molar refractivity (Wildman–Crippen MR) is 36.5 cm³/mol. The number of carboxylic acid groups (broad SMARTS) is 1. The van der Waals surface area contributed by atoms with Crippen LogP contribution in [-0.2, 0) is 5.48 Å². The first-order valence-electron chi connectivity index (χ1n) is 2.98. The molecule has 1 aromatic rings. The smallest absolute Gasteiger partial charge is 1.00 e. The second kappa shape index (κ2) is 5.39. The number of aromatic carboxylic acids is 1. The van der Waals surface area contributed by atoms with Crippen molar-refractivity contribution >= 4 is 5.97 Å². The van der Waals surface area contributed by atoms with E-state index < -0.39 is 28.8 Å². The Bertz CT molecular complexity index is 314. The Morgan fingerprint density at radius 3 is 1.79 bits per heavy atom. The van der Waals surface area contributed by atoms with Crippen molar-refractivity contribution in [2.75, 3.05) is 0 Å². The molecule has 6 nitrogen and oxygen atoms in total. The van der Waals surface area contributed by atoms with Crippen LogP contribution in [0.25, 0.3) is 0 Å². The predicted octanol–water partition coefficient (Wildman–Crippen LogP) is -3.95. The number of hydrogen-bond donors (Lipinski definition) is 3. The van der Waals surface area contributed by atoms with Crippen LogP contribution in [-0.4, -0.2) is 21.3 Å². The number of phenols is 3. The zero-order chi connectivity index (χ0) is 9.30. The number of carbonyl (C=O) groups excluding carboxylic acids is 1. The maximum Gasteiger partial charge on any atom is 1.00 e. The van der Waals surface area contributed by atoms with E-state index in [1.165, 1.54) is 0 Å². The first-order valence-corrected chi connectivity index (χ1v) is 2.98. The molecule has 0 bridgehead atoms. The average Bonchev–Trinajstić information content (AvgIpc) is 1.99. The summed E-state index contributed by atoms with van der Waals surface area (Å²) < 4.78 is 0. The Hall–Kier alpha value is -1.35. The van der Waals surface area contributed by atoms with E-state index in [1.807, 2.05) is 0 Å². The maximum atomic E-state index is 10.2. The van der Waals surface area contributed by atoms with Crippen molar-refractivity contribution in [2.24, 2.45) is 0 Å². The zero-order valence-electron chi connectivity index (χ0n) is 7.22. The molecule has 0 radical (unpaired) electrons. The van der Waals surface area contributed by atoms with Gasteiger partial charge in [0.15, 0.2) is 17.2 Å². The van der Waals surface area contributed by atoms with Crippen LogP contribution in [0.4, 0.5) is 0 Å². The van der Waals surface area contributed by atoms with Crippen molar-refractivity contribution < 1.29 is 49.6 Å². The molecule has 7 heteroatoms. The molecular formula is C7H5LiO6-2. The molecule has 0 aromatic heterocycles. The van der Waals surface area contributed by atoms with E-state index >= 15 is 0 Å². The Morgan fingerprint density at radius 2 is 1.50 bits per heavy atom. The van der Waals surface area contributed by atoms with Gasteiger partial charge in [-0.25, -0.2) is 0 Å². The van der Waals surface area contributed by atoms with Gasteiger partial charge in [0.2, 0.25) is 0 Å². The molecule has 1 aromatic carbocycles. The van der Waals surface area contributed by atoms with Crippen LogP contribution in [0.3, 0.4) is 0 Å².